The number of unbranched alkanes of at least 4 members (excludes halogenated alkanes) is 1. The van der Waals surface area contributed by atoms with Crippen LogP contribution in [0.5, 0.6) is 0 Å². The summed E-state index contributed by atoms with van der Waals surface area (Å²) in [5.74, 6) is 1.18. The summed E-state index contributed by atoms with van der Waals surface area (Å²) in [6.07, 6.45) is 17.1. The molecule has 0 amide bonds. The SMILES string of the molecule is CCC(=O)OC(C)C.CCCCC(=N/C=C(\C)c1ccc(Nc2ncc[nH]2)cc1N(O)N1CCC1)C1CCCCC1. The van der Waals surface area contributed by atoms with Crippen molar-refractivity contribution in [3.63, 3.8) is 0 Å². The lowest BCUT2D eigenvalue weighted by atomic mass is 9.84. The number of carbonyl (C=O) groups is 1. The van der Waals surface area contributed by atoms with E-state index in [0.717, 1.165) is 48.4 Å². The molecule has 226 valence electrons. The van der Waals surface area contributed by atoms with E-state index in [1.165, 1.54) is 55.8 Å². The Morgan fingerprint density at radius 1 is 1.24 bits per heavy atom. The highest BCUT2D eigenvalue weighted by Crippen LogP contribution is 2.33. The number of aliphatic imine (C=N–C) groups is 1. The fourth-order valence-corrected chi connectivity index (χ4v) is 4.98. The van der Waals surface area contributed by atoms with Crippen molar-refractivity contribution in [2.45, 2.75) is 105 Å². The summed E-state index contributed by atoms with van der Waals surface area (Å²) in [6.45, 7) is 11.5. The van der Waals surface area contributed by atoms with Crippen LogP contribution in [-0.4, -0.2) is 51.1 Å². The number of carbonyl (C=O) groups excluding carboxylic acids is 1. The van der Waals surface area contributed by atoms with Crippen LogP contribution in [0.25, 0.3) is 5.57 Å². The number of hydrogen-bond donors (Lipinski definition) is 3. The first-order valence-corrected chi connectivity index (χ1v) is 15.4. The van der Waals surface area contributed by atoms with Gasteiger partial charge in [-0.15, -0.1) is 0 Å². The Bertz CT molecular complexity index is 1120. The van der Waals surface area contributed by atoms with Crippen molar-refractivity contribution in [3.8, 4) is 0 Å². The summed E-state index contributed by atoms with van der Waals surface area (Å²) in [5, 5.41) is 17.5. The monoisotopic (exact) mass is 566 g/mol. The second-order valence-electron chi connectivity index (χ2n) is 11.2. The van der Waals surface area contributed by atoms with Crippen LogP contribution in [0.4, 0.5) is 17.3 Å². The van der Waals surface area contributed by atoms with Crippen LogP contribution in [0.15, 0.2) is 41.8 Å². The van der Waals surface area contributed by atoms with E-state index in [1.807, 2.05) is 37.2 Å². The van der Waals surface area contributed by atoms with Gasteiger partial charge in [0, 0.05) is 55.1 Å². The number of hydrogen-bond acceptors (Lipinski definition) is 8. The van der Waals surface area contributed by atoms with Crippen molar-refractivity contribution < 1.29 is 14.7 Å². The van der Waals surface area contributed by atoms with Gasteiger partial charge in [-0.2, -0.15) is 10.2 Å². The summed E-state index contributed by atoms with van der Waals surface area (Å²) >= 11 is 0. The average Bonchev–Trinajstić information content (AvgIpc) is 3.45. The highest BCUT2D eigenvalue weighted by molar-refractivity contribution is 5.88. The molecular weight excluding hydrogens is 516 g/mol. The van der Waals surface area contributed by atoms with Crippen molar-refractivity contribution in [2.75, 3.05) is 23.6 Å². The van der Waals surface area contributed by atoms with Gasteiger partial charge in [-0.25, -0.2) is 4.98 Å². The molecule has 9 nitrogen and oxygen atoms in total. The number of anilines is 3. The Hall–Kier alpha value is -3.17. The first-order valence-electron chi connectivity index (χ1n) is 15.4. The molecule has 0 bridgehead atoms. The van der Waals surface area contributed by atoms with Crippen LogP contribution in [0.1, 0.15) is 104 Å². The maximum absolute atomic E-state index is 11.0. The molecular formula is C32H50N6O3. The zero-order valence-corrected chi connectivity index (χ0v) is 25.7. The summed E-state index contributed by atoms with van der Waals surface area (Å²) in [4.78, 5) is 22.7. The Kier molecular flexibility index (Phi) is 13.4. The smallest absolute Gasteiger partial charge is 0.305 e. The number of nitrogens with zero attached hydrogens (tertiary/aromatic N) is 4. The van der Waals surface area contributed by atoms with E-state index in [1.54, 1.807) is 19.3 Å². The highest BCUT2D eigenvalue weighted by Gasteiger charge is 2.24. The van der Waals surface area contributed by atoms with E-state index in [0.29, 0.717) is 18.3 Å². The molecule has 1 saturated heterocycles. The minimum atomic E-state index is -0.125. The van der Waals surface area contributed by atoms with Crippen molar-refractivity contribution in [1.29, 1.82) is 0 Å². The number of hydrazine groups is 1. The second kappa shape index (κ2) is 16.9. The van der Waals surface area contributed by atoms with Crippen LogP contribution < -0.4 is 10.5 Å². The maximum Gasteiger partial charge on any atom is 0.305 e. The van der Waals surface area contributed by atoms with Gasteiger partial charge in [0.2, 0.25) is 5.95 Å². The fourth-order valence-electron chi connectivity index (χ4n) is 4.98. The zero-order valence-electron chi connectivity index (χ0n) is 25.7. The average molecular weight is 567 g/mol. The summed E-state index contributed by atoms with van der Waals surface area (Å²) in [5.41, 5.74) is 5.01. The van der Waals surface area contributed by atoms with Gasteiger partial charge >= 0.3 is 5.97 Å². The number of ether oxygens (including phenoxy) is 1. The quantitative estimate of drug-likeness (QED) is 0.136. The van der Waals surface area contributed by atoms with E-state index < -0.39 is 0 Å². The van der Waals surface area contributed by atoms with Gasteiger partial charge in [0.05, 0.1) is 11.8 Å². The highest BCUT2D eigenvalue weighted by atomic mass is 16.6. The molecule has 3 N–H and O–H groups in total. The number of esters is 1. The van der Waals surface area contributed by atoms with Crippen LogP contribution >= 0.6 is 0 Å². The topological polar surface area (TPSA) is 106 Å². The van der Waals surface area contributed by atoms with Gasteiger partial charge < -0.3 is 15.0 Å². The Morgan fingerprint density at radius 3 is 2.56 bits per heavy atom. The van der Waals surface area contributed by atoms with E-state index in [9.17, 15) is 10.0 Å². The summed E-state index contributed by atoms with van der Waals surface area (Å²) < 4.78 is 4.76. The molecule has 1 aromatic heterocycles. The van der Waals surface area contributed by atoms with Gasteiger partial charge in [-0.1, -0.05) is 45.6 Å². The van der Waals surface area contributed by atoms with Crippen molar-refractivity contribution in [3.05, 3.63) is 42.4 Å². The van der Waals surface area contributed by atoms with Crippen LogP contribution in [0, 0.1) is 5.92 Å². The molecule has 1 aliphatic heterocycles. The maximum atomic E-state index is 11.0. The number of aromatic nitrogens is 2. The molecule has 1 aliphatic carbocycles. The van der Waals surface area contributed by atoms with Crippen LogP contribution in [0.2, 0.25) is 0 Å². The number of rotatable bonds is 12. The number of benzene rings is 1. The molecule has 1 aromatic carbocycles. The summed E-state index contributed by atoms with van der Waals surface area (Å²) in [7, 11) is 0. The second-order valence-corrected chi connectivity index (χ2v) is 11.2. The largest absolute Gasteiger partial charge is 0.463 e. The number of nitrogens with one attached hydrogen (secondary N) is 2. The number of allylic oxidation sites excluding steroid dienone is 1. The Morgan fingerprint density at radius 2 is 2.00 bits per heavy atom. The molecule has 2 fully saturated rings. The lowest BCUT2D eigenvalue weighted by molar-refractivity contribution is -0.146. The molecule has 0 radical (unpaired) electrons. The molecule has 0 atom stereocenters. The molecule has 4 rings (SSSR count). The standard InChI is InChI=1S/C26H38N6O.C6H12O2/c1-3-4-11-24(21-9-6-5-7-10-21)29-19-20(2)23-13-12-22(30-26-27-14-15-28-26)18-25(23)32(33)31-16-8-17-31;1-4-6(7)8-5(2)3/h12-15,18-19,21,33H,3-11,16-17H2,1-2H3,(H2,27,28,30);5H,4H2,1-3H3/b20-19+,29-24?;. The van der Waals surface area contributed by atoms with Crippen molar-refractivity contribution in [1.82, 2.24) is 15.0 Å². The van der Waals surface area contributed by atoms with Gasteiger partial charge in [0.15, 0.2) is 0 Å². The van der Waals surface area contributed by atoms with E-state index in [4.69, 9.17) is 9.73 Å². The Labute approximate surface area is 246 Å². The molecule has 2 aromatic rings. The van der Waals surface area contributed by atoms with Gasteiger partial charge in [-0.3, -0.25) is 15.0 Å². The third-order valence-corrected chi connectivity index (χ3v) is 7.44. The predicted octanol–water partition coefficient (Wildman–Crippen LogP) is 7.89. The molecule has 41 heavy (non-hydrogen) atoms. The van der Waals surface area contributed by atoms with E-state index in [-0.39, 0.29) is 12.1 Å². The number of aromatic amines is 1. The molecule has 0 unspecified atom stereocenters. The van der Waals surface area contributed by atoms with Crippen molar-refractivity contribution in [2.24, 2.45) is 10.9 Å². The van der Waals surface area contributed by atoms with Crippen LogP contribution in [0.3, 0.4) is 0 Å². The first-order chi connectivity index (χ1) is 19.8. The lowest BCUT2D eigenvalue weighted by Gasteiger charge is -2.38. The van der Waals surface area contributed by atoms with E-state index in [2.05, 4.69) is 35.2 Å². The predicted molar refractivity (Wildman–Crippen MR) is 167 cm³/mol. The molecule has 9 heteroatoms. The zero-order chi connectivity index (χ0) is 29.6. The third-order valence-electron chi connectivity index (χ3n) is 7.44. The molecule has 1 saturated carbocycles. The molecule has 0 spiro atoms. The molecule has 2 heterocycles. The van der Waals surface area contributed by atoms with Gasteiger partial charge in [-0.05, 0) is 76.5 Å². The first kappa shape index (κ1) is 32.3. The van der Waals surface area contributed by atoms with Crippen LogP contribution in [-0.2, 0) is 9.53 Å². The normalized spacial score (nSPS) is 16.6. The van der Waals surface area contributed by atoms with Gasteiger partial charge in [0.1, 0.15) is 0 Å². The van der Waals surface area contributed by atoms with Gasteiger partial charge in [0.25, 0.3) is 0 Å². The van der Waals surface area contributed by atoms with E-state index >= 15 is 0 Å². The Balaban J connectivity index is 0.000000507. The number of imidazole rings is 1. The molecule has 2 aliphatic rings. The lowest BCUT2D eigenvalue weighted by Crippen LogP contribution is -2.49. The third kappa shape index (κ3) is 10.3. The minimum absolute atomic E-state index is 0.0300. The summed E-state index contributed by atoms with van der Waals surface area (Å²) in [6, 6.07) is 6.04. The fraction of sp³-hybridized carbons (Fsp3) is 0.594. The minimum Gasteiger partial charge on any atom is -0.463 e. The van der Waals surface area contributed by atoms with Crippen molar-refractivity contribution >= 4 is 34.6 Å². The number of H-pyrrole nitrogens is 1.